The smallest absolute Gasteiger partial charge is 0.407 e. The summed E-state index contributed by atoms with van der Waals surface area (Å²) in [6, 6.07) is 7.82. The number of aromatic nitrogens is 2. The lowest BCUT2D eigenvalue weighted by atomic mass is 10.2. The molecule has 0 saturated heterocycles. The molecule has 0 unspecified atom stereocenters. The third kappa shape index (κ3) is 8.14. The predicted molar refractivity (Wildman–Crippen MR) is 109 cm³/mol. The summed E-state index contributed by atoms with van der Waals surface area (Å²) in [5.41, 5.74) is -0.402. The Morgan fingerprint density at radius 1 is 1.10 bits per heavy atom. The molecule has 0 aromatic carbocycles. The third-order valence-electron chi connectivity index (χ3n) is 3.22. The molecule has 0 radical (unpaired) electrons. The molecule has 2 heterocycles. The summed E-state index contributed by atoms with van der Waals surface area (Å²) in [7, 11) is 0. The van der Waals surface area contributed by atoms with Gasteiger partial charge in [0.2, 0.25) is 5.91 Å². The molecule has 0 spiro atoms. The van der Waals surface area contributed by atoms with Crippen molar-refractivity contribution in [2.24, 2.45) is 0 Å². The van der Waals surface area contributed by atoms with Crippen molar-refractivity contribution in [2.75, 3.05) is 17.2 Å². The van der Waals surface area contributed by atoms with Gasteiger partial charge in [-0.25, -0.2) is 9.78 Å². The van der Waals surface area contributed by atoms with E-state index in [2.05, 4.69) is 25.9 Å². The van der Waals surface area contributed by atoms with Crippen LogP contribution in [0.3, 0.4) is 0 Å². The Balaban J connectivity index is 1.90. The standard InChI is InChI=1S/C19H22ClN5O4/c1-19(2,3)29-18(28)22-9-7-16(26)24-14-10-12(20)11-15(23-14)25-17(27)13-6-4-5-8-21-13/h4-6,8,10-11H,7,9H2,1-3H3,(H,22,28)(H2,23,24,25,26,27). The van der Waals surface area contributed by atoms with Crippen LogP contribution in [-0.4, -0.2) is 40.0 Å². The minimum absolute atomic E-state index is 0.00304. The number of amides is 3. The van der Waals surface area contributed by atoms with Crippen LogP contribution in [0.2, 0.25) is 5.02 Å². The number of alkyl carbamates (subject to hydrolysis) is 1. The Hall–Kier alpha value is -3.20. The number of halogens is 1. The van der Waals surface area contributed by atoms with Gasteiger partial charge in [-0.2, -0.15) is 0 Å². The van der Waals surface area contributed by atoms with Crippen LogP contribution in [0.15, 0.2) is 36.5 Å². The molecule has 0 aliphatic rings. The van der Waals surface area contributed by atoms with Crippen LogP contribution in [0.25, 0.3) is 0 Å². The Bertz CT molecular complexity index is 884. The van der Waals surface area contributed by atoms with Gasteiger partial charge in [0.1, 0.15) is 22.9 Å². The molecule has 0 bridgehead atoms. The molecular weight excluding hydrogens is 398 g/mol. The molecule has 10 heteroatoms. The molecule has 3 N–H and O–H groups in total. The summed E-state index contributed by atoms with van der Waals surface area (Å²) in [5, 5.41) is 7.90. The lowest BCUT2D eigenvalue weighted by Crippen LogP contribution is -2.34. The van der Waals surface area contributed by atoms with Gasteiger partial charge in [-0.05, 0) is 45.0 Å². The Morgan fingerprint density at radius 2 is 1.79 bits per heavy atom. The first kappa shape index (κ1) is 22.1. The van der Waals surface area contributed by atoms with Crippen LogP contribution >= 0.6 is 11.6 Å². The number of nitrogens with one attached hydrogen (secondary N) is 3. The van der Waals surface area contributed by atoms with Crippen LogP contribution < -0.4 is 16.0 Å². The minimum Gasteiger partial charge on any atom is -0.444 e. The average Bonchev–Trinajstić information content (AvgIpc) is 2.60. The number of rotatable bonds is 6. The van der Waals surface area contributed by atoms with Gasteiger partial charge in [0, 0.05) is 24.2 Å². The maximum Gasteiger partial charge on any atom is 0.407 e. The summed E-state index contributed by atoms with van der Waals surface area (Å²) in [6.07, 6.45) is 0.895. The molecule has 0 aliphatic heterocycles. The lowest BCUT2D eigenvalue weighted by Gasteiger charge is -2.19. The van der Waals surface area contributed by atoms with E-state index >= 15 is 0 Å². The van der Waals surface area contributed by atoms with Gasteiger partial charge in [-0.15, -0.1) is 0 Å². The van der Waals surface area contributed by atoms with E-state index in [-0.39, 0.29) is 35.3 Å². The molecule has 0 saturated carbocycles. The lowest BCUT2D eigenvalue weighted by molar-refractivity contribution is -0.116. The van der Waals surface area contributed by atoms with Gasteiger partial charge in [0.15, 0.2) is 0 Å². The third-order valence-corrected chi connectivity index (χ3v) is 3.44. The van der Waals surface area contributed by atoms with Crippen molar-refractivity contribution < 1.29 is 19.1 Å². The van der Waals surface area contributed by atoms with Crippen molar-refractivity contribution in [3.8, 4) is 0 Å². The first-order valence-corrected chi connectivity index (χ1v) is 9.17. The first-order valence-electron chi connectivity index (χ1n) is 8.79. The van der Waals surface area contributed by atoms with E-state index in [1.807, 2.05) is 0 Å². The fraction of sp³-hybridized carbons (Fsp3) is 0.316. The second-order valence-corrected chi connectivity index (χ2v) is 7.39. The summed E-state index contributed by atoms with van der Waals surface area (Å²) < 4.78 is 5.09. The SMILES string of the molecule is CC(C)(C)OC(=O)NCCC(=O)Nc1cc(Cl)cc(NC(=O)c2ccccn2)n1. The number of carbonyl (C=O) groups excluding carboxylic acids is 3. The highest BCUT2D eigenvalue weighted by Gasteiger charge is 2.16. The Labute approximate surface area is 173 Å². The van der Waals surface area contributed by atoms with Crippen molar-refractivity contribution in [1.82, 2.24) is 15.3 Å². The van der Waals surface area contributed by atoms with Crippen LogP contribution in [-0.2, 0) is 9.53 Å². The summed E-state index contributed by atoms with van der Waals surface area (Å²) in [4.78, 5) is 43.9. The van der Waals surface area contributed by atoms with Crippen molar-refractivity contribution in [2.45, 2.75) is 32.8 Å². The van der Waals surface area contributed by atoms with Gasteiger partial charge in [-0.3, -0.25) is 14.6 Å². The van der Waals surface area contributed by atoms with Crippen molar-refractivity contribution in [3.63, 3.8) is 0 Å². The average molecular weight is 420 g/mol. The molecule has 9 nitrogen and oxygen atoms in total. The van der Waals surface area contributed by atoms with E-state index in [1.165, 1.54) is 18.3 Å². The number of hydrogen-bond acceptors (Lipinski definition) is 6. The molecule has 0 aliphatic carbocycles. The molecule has 2 rings (SSSR count). The van der Waals surface area contributed by atoms with Crippen molar-refractivity contribution in [1.29, 1.82) is 0 Å². The maximum absolute atomic E-state index is 12.2. The van der Waals surface area contributed by atoms with E-state index in [9.17, 15) is 14.4 Å². The highest BCUT2D eigenvalue weighted by Crippen LogP contribution is 2.19. The van der Waals surface area contributed by atoms with Crippen LogP contribution in [0.5, 0.6) is 0 Å². The number of pyridine rings is 2. The van der Waals surface area contributed by atoms with Gasteiger partial charge in [0.25, 0.3) is 5.91 Å². The Kier molecular flexibility index (Phi) is 7.49. The normalized spacial score (nSPS) is 10.8. The Morgan fingerprint density at radius 3 is 2.41 bits per heavy atom. The number of hydrogen-bond donors (Lipinski definition) is 3. The summed E-state index contributed by atoms with van der Waals surface area (Å²) >= 11 is 6.04. The molecule has 0 atom stereocenters. The van der Waals surface area contributed by atoms with Gasteiger partial charge in [-0.1, -0.05) is 17.7 Å². The highest BCUT2D eigenvalue weighted by molar-refractivity contribution is 6.31. The maximum atomic E-state index is 12.2. The van der Waals surface area contributed by atoms with E-state index in [1.54, 1.807) is 39.0 Å². The number of nitrogens with zero attached hydrogens (tertiary/aromatic N) is 2. The van der Waals surface area contributed by atoms with E-state index in [0.717, 1.165) is 0 Å². The first-order chi connectivity index (χ1) is 13.6. The second-order valence-electron chi connectivity index (χ2n) is 6.95. The largest absolute Gasteiger partial charge is 0.444 e. The topological polar surface area (TPSA) is 122 Å². The molecule has 2 aromatic heterocycles. The zero-order chi connectivity index (χ0) is 21.4. The van der Waals surface area contributed by atoms with Gasteiger partial charge < -0.3 is 20.7 Å². The quantitative estimate of drug-likeness (QED) is 0.660. The van der Waals surface area contributed by atoms with E-state index < -0.39 is 23.5 Å². The summed E-state index contributed by atoms with van der Waals surface area (Å²) in [6.45, 7) is 5.32. The van der Waals surface area contributed by atoms with E-state index in [4.69, 9.17) is 16.3 Å². The fourth-order valence-corrected chi connectivity index (χ4v) is 2.31. The molecule has 29 heavy (non-hydrogen) atoms. The van der Waals surface area contributed by atoms with Gasteiger partial charge >= 0.3 is 6.09 Å². The van der Waals surface area contributed by atoms with E-state index in [0.29, 0.717) is 0 Å². The van der Waals surface area contributed by atoms with Crippen LogP contribution in [0.1, 0.15) is 37.7 Å². The van der Waals surface area contributed by atoms with Crippen molar-refractivity contribution >= 4 is 41.1 Å². The fourth-order valence-electron chi connectivity index (χ4n) is 2.10. The molecular formula is C19H22ClN5O4. The minimum atomic E-state index is -0.618. The molecule has 154 valence electrons. The molecule has 3 amide bonds. The zero-order valence-electron chi connectivity index (χ0n) is 16.3. The van der Waals surface area contributed by atoms with Crippen LogP contribution in [0.4, 0.5) is 16.4 Å². The number of ether oxygens (including phenoxy) is 1. The highest BCUT2D eigenvalue weighted by atomic mass is 35.5. The second kappa shape index (κ2) is 9.83. The predicted octanol–water partition coefficient (Wildman–Crippen LogP) is 3.24. The molecule has 0 fully saturated rings. The van der Waals surface area contributed by atoms with Gasteiger partial charge in [0.05, 0.1) is 0 Å². The van der Waals surface area contributed by atoms with Crippen molar-refractivity contribution in [3.05, 3.63) is 47.2 Å². The monoisotopic (exact) mass is 419 g/mol. The molecule has 2 aromatic rings. The summed E-state index contributed by atoms with van der Waals surface area (Å²) in [5.74, 6) is -0.525. The van der Waals surface area contributed by atoms with Crippen LogP contribution in [0, 0.1) is 0 Å². The number of carbonyl (C=O) groups is 3. The number of anilines is 2. The zero-order valence-corrected chi connectivity index (χ0v) is 17.0.